The third-order valence-electron chi connectivity index (χ3n) is 5.22. The highest BCUT2D eigenvalue weighted by Gasteiger charge is 2.32. The topological polar surface area (TPSA) is 134 Å². The normalized spacial score (nSPS) is 20.3. The average Bonchev–Trinajstić information content (AvgIpc) is 2.67. The average molecular weight is 391 g/mol. The third-order valence-corrected chi connectivity index (χ3v) is 5.22. The van der Waals surface area contributed by atoms with E-state index >= 15 is 0 Å². The molecule has 1 aromatic carbocycles. The van der Waals surface area contributed by atoms with E-state index in [4.69, 9.17) is 10.8 Å². The van der Waals surface area contributed by atoms with Crippen LogP contribution >= 0.6 is 0 Å². The summed E-state index contributed by atoms with van der Waals surface area (Å²) in [6.07, 6.45) is 6.68. The molecule has 0 saturated heterocycles. The quantitative estimate of drug-likeness (QED) is 0.554. The second kappa shape index (κ2) is 8.92. The minimum absolute atomic E-state index is 0. The van der Waals surface area contributed by atoms with Crippen molar-refractivity contribution in [2.45, 2.75) is 37.6 Å². The molecule has 1 saturated carbocycles. The van der Waals surface area contributed by atoms with Gasteiger partial charge in [-0.3, -0.25) is 9.78 Å². The first-order chi connectivity index (χ1) is 12.5. The van der Waals surface area contributed by atoms with E-state index in [0.717, 1.165) is 31.2 Å². The van der Waals surface area contributed by atoms with Crippen LogP contribution in [0.3, 0.4) is 0 Å². The number of primary amides is 1. The fraction of sp³-hybridized carbons (Fsp3) is 0.368. The number of carbonyl (C=O) groups is 2. The lowest BCUT2D eigenvalue weighted by Crippen LogP contribution is -3.00. The number of quaternary nitrogens is 1. The van der Waals surface area contributed by atoms with Crippen molar-refractivity contribution in [3.8, 4) is 11.3 Å². The van der Waals surface area contributed by atoms with Crippen LogP contribution in [0.4, 0.5) is 0 Å². The van der Waals surface area contributed by atoms with Gasteiger partial charge in [-0.15, -0.1) is 0 Å². The van der Waals surface area contributed by atoms with Crippen molar-refractivity contribution in [1.82, 2.24) is 9.97 Å². The predicted molar refractivity (Wildman–Crippen MR) is 95.0 cm³/mol. The molecule has 1 unspecified atom stereocenters. The molecule has 0 radical (unpaired) electrons. The van der Waals surface area contributed by atoms with Crippen molar-refractivity contribution in [1.29, 1.82) is 0 Å². The molecule has 7 nitrogen and oxygen atoms in total. The first-order valence-electron chi connectivity index (χ1n) is 8.73. The van der Waals surface area contributed by atoms with E-state index in [2.05, 4.69) is 27.8 Å². The van der Waals surface area contributed by atoms with Gasteiger partial charge in [0.25, 0.3) is 5.91 Å². The van der Waals surface area contributed by atoms with E-state index in [1.807, 2.05) is 12.1 Å². The summed E-state index contributed by atoms with van der Waals surface area (Å²) in [5.41, 5.74) is 11.9. The molecule has 27 heavy (non-hydrogen) atoms. The van der Waals surface area contributed by atoms with Gasteiger partial charge in [0.05, 0.1) is 18.1 Å². The van der Waals surface area contributed by atoms with Gasteiger partial charge in [0, 0.05) is 11.5 Å². The molecule has 2 aromatic rings. The minimum atomic E-state index is -0.808. The molecule has 1 fully saturated rings. The summed E-state index contributed by atoms with van der Waals surface area (Å²) in [5, 5.41) is 9.11. The molecule has 1 heterocycles. The lowest BCUT2D eigenvalue weighted by Gasteiger charge is -2.29. The number of nitrogens with two attached hydrogens (primary N) is 1. The van der Waals surface area contributed by atoms with Crippen LogP contribution in [0.25, 0.3) is 11.3 Å². The number of hydrogen-bond donors (Lipinski definition) is 3. The van der Waals surface area contributed by atoms with E-state index in [1.54, 1.807) is 6.20 Å². The first kappa shape index (κ1) is 20.8. The molecule has 1 amide bonds. The third kappa shape index (κ3) is 4.81. The number of amides is 1. The number of aliphatic carboxylic acids is 1. The van der Waals surface area contributed by atoms with Gasteiger partial charge in [0.2, 0.25) is 0 Å². The molecule has 6 N–H and O–H groups in total. The first-order valence-corrected chi connectivity index (χ1v) is 8.73. The molecule has 1 aromatic heterocycles. The molecule has 8 heteroatoms. The Balaban J connectivity index is 0.00000261. The Kier molecular flexibility index (Phi) is 6.87. The lowest BCUT2D eigenvalue weighted by atomic mass is 9.76. The van der Waals surface area contributed by atoms with Gasteiger partial charge in [-0.1, -0.05) is 24.3 Å². The minimum Gasteiger partial charge on any atom is -1.00 e. The molecule has 0 spiro atoms. The smallest absolute Gasteiger partial charge is 0.362 e. The Bertz CT molecular complexity index is 805. The molecule has 3 rings (SSSR count). The maximum absolute atomic E-state index is 11.2. The van der Waals surface area contributed by atoms with Crippen molar-refractivity contribution in [2.24, 2.45) is 11.7 Å². The fourth-order valence-corrected chi connectivity index (χ4v) is 3.61. The van der Waals surface area contributed by atoms with Gasteiger partial charge in [-0.2, -0.15) is 0 Å². The van der Waals surface area contributed by atoms with Crippen LogP contribution in [0, 0.1) is 5.92 Å². The number of hydrogen-bond acceptors (Lipinski definition) is 4. The summed E-state index contributed by atoms with van der Waals surface area (Å²) >= 11 is 0. The zero-order chi connectivity index (χ0) is 18.7. The monoisotopic (exact) mass is 390 g/mol. The Morgan fingerprint density at radius 3 is 2.30 bits per heavy atom. The summed E-state index contributed by atoms with van der Waals surface area (Å²) in [5.74, 6) is -0.811. The zero-order valence-corrected chi connectivity index (χ0v) is 15.6. The molecule has 0 aliphatic heterocycles. The van der Waals surface area contributed by atoms with Gasteiger partial charge in [0.1, 0.15) is 5.69 Å². The maximum Gasteiger partial charge on any atom is 0.362 e. The number of carboxylic acids is 1. The molecule has 144 valence electrons. The summed E-state index contributed by atoms with van der Waals surface area (Å²) in [6, 6.07) is 7.56. The highest BCUT2D eigenvalue weighted by molar-refractivity contribution is 5.90. The van der Waals surface area contributed by atoms with Crippen molar-refractivity contribution < 1.29 is 32.8 Å². The molecular weight excluding hydrogens is 368 g/mol. The SMILES string of the molecule is NC(=O)c1cncc(-c2ccc(C3CCC(C([NH3+])C(=O)O)CC3)cc2)n1.[Cl-]. The molecule has 1 aliphatic carbocycles. The Labute approximate surface area is 163 Å². The van der Waals surface area contributed by atoms with Crippen LogP contribution in [0.2, 0.25) is 0 Å². The van der Waals surface area contributed by atoms with Crippen molar-refractivity contribution in [3.05, 3.63) is 47.9 Å². The number of benzene rings is 1. The second-order valence-corrected chi connectivity index (χ2v) is 6.83. The Morgan fingerprint density at radius 2 is 1.74 bits per heavy atom. The lowest BCUT2D eigenvalue weighted by molar-refractivity contribution is -0.421. The van der Waals surface area contributed by atoms with E-state index in [-0.39, 0.29) is 24.0 Å². The number of carboxylic acid groups (broad SMARTS) is 1. The largest absolute Gasteiger partial charge is 1.00 e. The summed E-state index contributed by atoms with van der Waals surface area (Å²) in [4.78, 5) is 30.6. The van der Waals surface area contributed by atoms with Crippen LogP contribution in [-0.4, -0.2) is 33.0 Å². The van der Waals surface area contributed by atoms with Crippen LogP contribution in [-0.2, 0) is 4.79 Å². The standard InChI is InChI=1S/C19H22N4O3.ClH/c20-17(19(25)26)14-7-3-12(4-8-14)11-1-5-13(6-2-11)15-9-22-10-16(23-15)18(21)24;/h1-2,5-6,9-10,12,14,17H,3-4,7-8,20H2,(H2,21,24)(H,25,26);1H. The predicted octanol–water partition coefficient (Wildman–Crippen LogP) is -1.78. The van der Waals surface area contributed by atoms with Gasteiger partial charge in [-0.05, 0) is 37.2 Å². The molecule has 1 aliphatic rings. The highest BCUT2D eigenvalue weighted by Crippen LogP contribution is 2.37. The van der Waals surface area contributed by atoms with E-state index in [1.165, 1.54) is 11.8 Å². The summed E-state index contributed by atoms with van der Waals surface area (Å²) in [6.45, 7) is 0. The molecule has 0 bridgehead atoms. The number of carbonyl (C=O) groups excluding carboxylic acids is 1. The Hall–Kier alpha value is -2.51. The van der Waals surface area contributed by atoms with Crippen molar-refractivity contribution in [3.63, 3.8) is 0 Å². The van der Waals surface area contributed by atoms with E-state index < -0.39 is 17.9 Å². The number of nitrogens with zero attached hydrogens (tertiary/aromatic N) is 2. The maximum atomic E-state index is 11.2. The fourth-order valence-electron chi connectivity index (χ4n) is 3.61. The van der Waals surface area contributed by atoms with Gasteiger partial charge >= 0.3 is 5.97 Å². The van der Waals surface area contributed by atoms with Gasteiger partial charge in [0.15, 0.2) is 6.04 Å². The van der Waals surface area contributed by atoms with Gasteiger partial charge in [-0.25, -0.2) is 9.78 Å². The van der Waals surface area contributed by atoms with Crippen molar-refractivity contribution in [2.75, 3.05) is 0 Å². The van der Waals surface area contributed by atoms with Crippen LogP contribution in [0.5, 0.6) is 0 Å². The second-order valence-electron chi connectivity index (χ2n) is 6.83. The highest BCUT2D eigenvalue weighted by atomic mass is 35.5. The van der Waals surface area contributed by atoms with E-state index in [9.17, 15) is 9.59 Å². The van der Waals surface area contributed by atoms with Crippen LogP contribution in [0.15, 0.2) is 36.7 Å². The van der Waals surface area contributed by atoms with Crippen molar-refractivity contribution >= 4 is 11.9 Å². The van der Waals surface area contributed by atoms with Crippen LogP contribution < -0.4 is 23.9 Å². The molecule has 1 atom stereocenters. The Morgan fingerprint density at radius 1 is 1.11 bits per heavy atom. The number of aromatic nitrogens is 2. The van der Waals surface area contributed by atoms with E-state index in [0.29, 0.717) is 11.6 Å². The summed E-state index contributed by atoms with van der Waals surface area (Å²) < 4.78 is 0. The molecular formula is C19H23ClN4O3. The number of halogens is 1. The zero-order valence-electron chi connectivity index (χ0n) is 14.8. The van der Waals surface area contributed by atoms with Crippen LogP contribution in [0.1, 0.15) is 47.7 Å². The summed E-state index contributed by atoms with van der Waals surface area (Å²) in [7, 11) is 0. The number of rotatable bonds is 5. The van der Waals surface area contributed by atoms with Gasteiger partial charge < -0.3 is 29.0 Å².